The first-order chi connectivity index (χ1) is 26.7. The summed E-state index contributed by atoms with van der Waals surface area (Å²) >= 11 is 0. The molecule has 3 N–H and O–H groups in total. The van der Waals surface area contributed by atoms with Gasteiger partial charge in [-0.15, -0.1) is 0 Å². The summed E-state index contributed by atoms with van der Waals surface area (Å²) in [5.74, 6) is -4.20. The fraction of sp³-hybridized carbons (Fsp3) is 0.615. The Labute approximate surface area is 329 Å². The normalized spacial score (nSPS) is 28.7. The molecule has 18 heteroatoms. The summed E-state index contributed by atoms with van der Waals surface area (Å²) in [6, 6.07) is 5.43. The SMILES string of the molecule is CC[C@@H]1C[C@H](C)CCC=C[C@@H]2C[C@@]2(C(=O)NS(=O)(=O)C2CC2)NC(=O)[C@@H]2C[C@@H](Oc3nc(OC)cc4ccccc34)CN2C(=O)[C@H]1N(C(=O)O)C(C)(C)C(F)(F)F. The second-order valence-corrected chi connectivity index (χ2v) is 18.2. The number of amides is 4. The molecule has 0 spiro atoms. The molecule has 57 heavy (non-hydrogen) atoms. The number of aromatic nitrogens is 1. The van der Waals surface area contributed by atoms with Gasteiger partial charge >= 0.3 is 12.3 Å². The first-order valence-corrected chi connectivity index (χ1v) is 20.8. The Kier molecular flexibility index (Phi) is 11.5. The fourth-order valence-corrected chi connectivity index (χ4v) is 9.53. The highest BCUT2D eigenvalue weighted by Crippen LogP contribution is 2.47. The van der Waals surface area contributed by atoms with Gasteiger partial charge in [0.15, 0.2) is 0 Å². The van der Waals surface area contributed by atoms with Gasteiger partial charge in [-0.25, -0.2) is 13.2 Å². The van der Waals surface area contributed by atoms with Crippen molar-refractivity contribution in [3.05, 3.63) is 42.5 Å². The molecule has 1 saturated heterocycles. The number of rotatable bonds is 9. The Bertz CT molecular complexity index is 2040. The second kappa shape index (κ2) is 15.6. The standard InChI is InChI=1S/C39H50F3N5O9S/c1-6-23-17-22(2)11-7-9-13-25-20-38(25,35(50)45-57(53,54)27-15-16-27)44-32(48)29-19-26(56-33-28-14-10-8-12-24(28)18-30(43-33)55-5)21-46(29)34(49)31(23)47(36(51)52)37(3,4)39(40,41)42/h8-10,12-14,18,22-23,25-27,29,31H,6-7,11,15-17,19-21H2,1-5H3,(H,44,48)(H,45,50)(H,51,52)/t22-,23-,25-,26-,29+,31+,38-/m1/s1. The van der Waals surface area contributed by atoms with Crippen LogP contribution in [0.3, 0.4) is 0 Å². The average Bonchev–Trinajstić information content (AvgIpc) is 4.07. The molecule has 3 fully saturated rings. The van der Waals surface area contributed by atoms with Crippen LogP contribution in [0.25, 0.3) is 10.8 Å². The summed E-state index contributed by atoms with van der Waals surface area (Å²) in [5.41, 5.74) is -4.73. The number of hydrogen-bond acceptors (Lipinski definition) is 9. The Morgan fingerprint density at radius 1 is 1.14 bits per heavy atom. The topological polar surface area (TPSA) is 185 Å². The fourth-order valence-electron chi connectivity index (χ4n) is 8.17. The molecule has 1 aromatic heterocycles. The number of alkyl halides is 3. The van der Waals surface area contributed by atoms with Crippen LogP contribution in [0, 0.1) is 17.8 Å². The van der Waals surface area contributed by atoms with Crippen LogP contribution in [-0.4, -0.2) is 106 Å². The number of methoxy groups -OCH3 is 1. The van der Waals surface area contributed by atoms with Gasteiger partial charge in [0.1, 0.15) is 29.3 Å². The number of halogens is 3. The third-order valence-electron chi connectivity index (χ3n) is 11.9. The lowest BCUT2D eigenvalue weighted by Crippen LogP contribution is -2.66. The Hall–Kier alpha value is -4.61. The summed E-state index contributed by atoms with van der Waals surface area (Å²) in [6.45, 7) is 4.60. The van der Waals surface area contributed by atoms with E-state index in [0.29, 0.717) is 50.3 Å². The van der Waals surface area contributed by atoms with Gasteiger partial charge in [0.05, 0.1) is 18.9 Å². The van der Waals surface area contributed by atoms with Crippen molar-refractivity contribution in [2.45, 2.75) is 120 Å². The lowest BCUT2D eigenvalue weighted by atomic mass is 9.82. The van der Waals surface area contributed by atoms with Gasteiger partial charge in [0.25, 0.3) is 5.91 Å². The molecule has 6 rings (SSSR count). The number of pyridine rings is 1. The number of ether oxygens (including phenoxy) is 2. The highest BCUT2D eigenvalue weighted by Gasteiger charge is 2.63. The molecule has 312 valence electrons. The molecule has 14 nitrogen and oxygen atoms in total. The molecule has 2 aliphatic heterocycles. The molecule has 3 heterocycles. The Morgan fingerprint density at radius 2 is 1.84 bits per heavy atom. The van der Waals surface area contributed by atoms with Crippen LogP contribution in [0.5, 0.6) is 11.8 Å². The van der Waals surface area contributed by atoms with Crippen LogP contribution in [0.15, 0.2) is 42.5 Å². The summed E-state index contributed by atoms with van der Waals surface area (Å²) in [4.78, 5) is 62.1. The van der Waals surface area contributed by atoms with Crippen LogP contribution in [-0.2, 0) is 24.4 Å². The molecule has 1 aromatic carbocycles. The lowest BCUT2D eigenvalue weighted by Gasteiger charge is -2.46. The molecule has 0 bridgehead atoms. The van der Waals surface area contributed by atoms with Crippen molar-refractivity contribution < 1.29 is 55.3 Å². The van der Waals surface area contributed by atoms with E-state index < -0.39 is 86.4 Å². The van der Waals surface area contributed by atoms with E-state index in [1.165, 1.54) is 7.11 Å². The van der Waals surface area contributed by atoms with Crippen molar-refractivity contribution in [2.75, 3.05) is 13.7 Å². The van der Waals surface area contributed by atoms with Gasteiger partial charge in [-0.2, -0.15) is 18.2 Å². The molecule has 4 amide bonds. The summed E-state index contributed by atoms with van der Waals surface area (Å²) in [6.07, 6.45) is -2.55. The number of carboxylic acid groups (broad SMARTS) is 1. The molecule has 7 atom stereocenters. The number of carbonyl (C=O) groups excluding carboxylic acids is 3. The van der Waals surface area contributed by atoms with Gasteiger partial charge < -0.3 is 24.8 Å². The molecule has 0 unspecified atom stereocenters. The third-order valence-corrected chi connectivity index (χ3v) is 13.7. The summed E-state index contributed by atoms with van der Waals surface area (Å²) in [5, 5.41) is 13.8. The number of allylic oxidation sites excluding steroid dienone is 1. The van der Waals surface area contributed by atoms with Gasteiger partial charge in [-0.3, -0.25) is 24.0 Å². The van der Waals surface area contributed by atoms with Crippen LogP contribution >= 0.6 is 0 Å². The van der Waals surface area contributed by atoms with E-state index in [9.17, 15) is 41.1 Å². The third kappa shape index (κ3) is 8.37. The monoisotopic (exact) mass is 821 g/mol. The van der Waals surface area contributed by atoms with Crippen molar-refractivity contribution >= 4 is 44.6 Å². The van der Waals surface area contributed by atoms with Crippen LogP contribution in [0.2, 0.25) is 0 Å². The Balaban J connectivity index is 1.45. The van der Waals surface area contributed by atoms with Crippen LogP contribution in [0.1, 0.15) is 79.1 Å². The van der Waals surface area contributed by atoms with E-state index in [1.807, 2.05) is 13.0 Å². The van der Waals surface area contributed by atoms with Crippen molar-refractivity contribution in [2.24, 2.45) is 17.8 Å². The summed E-state index contributed by atoms with van der Waals surface area (Å²) in [7, 11) is -2.60. The molecular formula is C39H50F3N5O9S. The highest BCUT2D eigenvalue weighted by atomic mass is 32.2. The number of benzene rings is 1. The van der Waals surface area contributed by atoms with Crippen LogP contribution < -0.4 is 19.5 Å². The first kappa shape index (κ1) is 42.0. The molecule has 0 radical (unpaired) electrons. The quantitative estimate of drug-likeness (QED) is 0.286. The van der Waals surface area contributed by atoms with Gasteiger partial charge in [0.2, 0.25) is 33.6 Å². The number of sulfonamides is 1. The smallest absolute Gasteiger partial charge is 0.411 e. The average molecular weight is 822 g/mol. The maximum atomic E-state index is 15.1. The van der Waals surface area contributed by atoms with E-state index in [4.69, 9.17) is 9.47 Å². The second-order valence-electron chi connectivity index (χ2n) is 16.3. The number of nitrogens with zero attached hydrogens (tertiary/aromatic N) is 3. The zero-order chi connectivity index (χ0) is 41.7. The zero-order valence-electron chi connectivity index (χ0n) is 32.5. The minimum absolute atomic E-state index is 0.0597. The van der Waals surface area contributed by atoms with Crippen molar-refractivity contribution in [1.29, 1.82) is 0 Å². The van der Waals surface area contributed by atoms with Crippen molar-refractivity contribution in [3.8, 4) is 11.8 Å². The molecule has 2 aliphatic carbocycles. The number of fused-ring (bicyclic) bond motifs is 3. The molecule has 4 aliphatic rings. The van der Waals surface area contributed by atoms with Crippen molar-refractivity contribution in [3.63, 3.8) is 0 Å². The van der Waals surface area contributed by atoms with Gasteiger partial charge in [-0.1, -0.05) is 50.6 Å². The number of carbonyl (C=O) groups is 4. The lowest BCUT2D eigenvalue weighted by molar-refractivity contribution is -0.222. The predicted octanol–water partition coefficient (Wildman–Crippen LogP) is 5.17. The molecule has 2 saturated carbocycles. The number of hydrogen-bond donors (Lipinski definition) is 3. The van der Waals surface area contributed by atoms with E-state index in [0.717, 1.165) is 4.90 Å². The Morgan fingerprint density at radius 3 is 2.47 bits per heavy atom. The van der Waals surface area contributed by atoms with Gasteiger partial charge in [0, 0.05) is 23.8 Å². The van der Waals surface area contributed by atoms with Crippen molar-refractivity contribution in [1.82, 2.24) is 24.8 Å². The molecule has 2 aromatic rings. The van der Waals surface area contributed by atoms with E-state index in [-0.39, 0.29) is 54.8 Å². The molecular weight excluding hydrogens is 772 g/mol. The predicted molar refractivity (Wildman–Crippen MR) is 202 cm³/mol. The number of nitrogens with one attached hydrogen (secondary N) is 2. The van der Waals surface area contributed by atoms with E-state index in [1.54, 1.807) is 43.3 Å². The van der Waals surface area contributed by atoms with E-state index >= 15 is 4.79 Å². The minimum atomic E-state index is -5.09. The van der Waals surface area contributed by atoms with Crippen LogP contribution in [0.4, 0.5) is 18.0 Å². The highest BCUT2D eigenvalue weighted by molar-refractivity contribution is 7.91. The maximum Gasteiger partial charge on any atom is 0.411 e. The minimum Gasteiger partial charge on any atom is -0.481 e. The first-order valence-electron chi connectivity index (χ1n) is 19.3. The summed E-state index contributed by atoms with van der Waals surface area (Å²) < 4.78 is 84.0. The van der Waals surface area contributed by atoms with E-state index in [2.05, 4.69) is 15.0 Å². The van der Waals surface area contributed by atoms with Gasteiger partial charge in [-0.05, 0) is 75.7 Å². The zero-order valence-corrected chi connectivity index (χ0v) is 33.4. The maximum absolute atomic E-state index is 15.1. The largest absolute Gasteiger partial charge is 0.481 e.